The molecule has 2 N–H and O–H groups in total. The average molecular weight is 216 g/mol. The third-order valence-corrected chi connectivity index (χ3v) is 2.37. The van der Waals surface area contributed by atoms with Crippen LogP contribution >= 0.6 is 10.7 Å². The first-order valence-corrected chi connectivity index (χ1v) is 5.54. The molecule has 7 heteroatoms. The summed E-state index contributed by atoms with van der Waals surface area (Å²) < 4.78 is 21.1. The third-order valence-electron chi connectivity index (χ3n) is 0.979. The van der Waals surface area contributed by atoms with E-state index in [4.69, 9.17) is 15.8 Å². The predicted octanol–water partition coefficient (Wildman–Crippen LogP) is 0.601. The third kappa shape index (κ3) is 6.23. The quantitative estimate of drug-likeness (QED) is 0.676. The van der Waals surface area contributed by atoms with Crippen LogP contribution in [0.25, 0.3) is 0 Å². The molecule has 0 fully saturated rings. The zero-order chi connectivity index (χ0) is 9.99. The Balaban J connectivity index is 4.33. The molecule has 0 saturated heterocycles. The lowest BCUT2D eigenvalue weighted by molar-refractivity contribution is 0.185. The minimum absolute atomic E-state index is 0.437. The molecule has 0 radical (unpaired) electrons. The van der Waals surface area contributed by atoms with Gasteiger partial charge >= 0.3 is 6.09 Å². The van der Waals surface area contributed by atoms with Crippen molar-refractivity contribution in [2.45, 2.75) is 19.4 Å². The number of amides is 1. The van der Waals surface area contributed by atoms with Crippen LogP contribution in [0.5, 0.6) is 0 Å². The van der Waals surface area contributed by atoms with Gasteiger partial charge < -0.3 is 10.4 Å². The van der Waals surface area contributed by atoms with Gasteiger partial charge in [-0.2, -0.15) is 0 Å². The first kappa shape index (κ1) is 11.5. The summed E-state index contributed by atoms with van der Waals surface area (Å²) in [5, 5.41) is 10.3. The molecule has 0 aromatic carbocycles. The fourth-order valence-corrected chi connectivity index (χ4v) is 2.51. The van der Waals surface area contributed by atoms with Gasteiger partial charge in [0.05, 0.1) is 11.3 Å². The van der Waals surface area contributed by atoms with Gasteiger partial charge in [0.15, 0.2) is 0 Å². The Labute approximate surface area is 75.1 Å². The van der Waals surface area contributed by atoms with E-state index in [2.05, 4.69) is 0 Å². The Hall–Kier alpha value is -0.490. The number of rotatable bonds is 3. The Bertz CT molecular complexity index is 271. The zero-order valence-electron chi connectivity index (χ0n) is 6.67. The molecule has 0 saturated carbocycles. The van der Waals surface area contributed by atoms with Crippen LogP contribution in [0.1, 0.15) is 13.8 Å². The first-order chi connectivity index (χ1) is 5.12. The van der Waals surface area contributed by atoms with Crippen LogP contribution in [0.15, 0.2) is 0 Å². The molecule has 1 amide bonds. The smallest absolute Gasteiger partial charge is 0.405 e. The van der Waals surface area contributed by atoms with E-state index in [0.717, 1.165) is 0 Å². The summed E-state index contributed by atoms with van der Waals surface area (Å²) in [5.74, 6) is -0.437. The first-order valence-electron chi connectivity index (χ1n) is 3.06. The number of carboxylic acid groups (broad SMARTS) is 1. The van der Waals surface area contributed by atoms with Crippen LogP contribution < -0.4 is 5.32 Å². The molecular weight excluding hydrogens is 206 g/mol. The van der Waals surface area contributed by atoms with Gasteiger partial charge in [0.25, 0.3) is 0 Å². The van der Waals surface area contributed by atoms with Crippen molar-refractivity contribution in [2.24, 2.45) is 0 Å². The Morgan fingerprint density at radius 2 is 2.00 bits per heavy atom. The van der Waals surface area contributed by atoms with E-state index in [9.17, 15) is 13.2 Å². The fraction of sp³-hybridized carbons (Fsp3) is 0.800. The van der Waals surface area contributed by atoms with Gasteiger partial charge in [-0.1, -0.05) is 0 Å². The molecule has 0 rings (SSSR count). The standard InChI is InChI=1S/C5H10ClNO4S/c1-5(2,7-4(8)9)3-12(6,10)11/h7H,3H2,1-2H3,(H,8,9). The van der Waals surface area contributed by atoms with Crippen LogP contribution in [0.3, 0.4) is 0 Å². The van der Waals surface area contributed by atoms with Crippen LogP contribution in [0, 0.1) is 0 Å². The van der Waals surface area contributed by atoms with Crippen molar-refractivity contribution >= 4 is 25.8 Å². The van der Waals surface area contributed by atoms with Crippen molar-refractivity contribution in [3.05, 3.63) is 0 Å². The maximum Gasteiger partial charge on any atom is 0.405 e. The predicted molar refractivity (Wildman–Crippen MR) is 44.9 cm³/mol. The van der Waals surface area contributed by atoms with Crippen molar-refractivity contribution in [3.63, 3.8) is 0 Å². The molecular formula is C5H10ClNO4S. The lowest BCUT2D eigenvalue weighted by Gasteiger charge is -2.22. The maximum absolute atomic E-state index is 10.6. The minimum Gasteiger partial charge on any atom is -0.465 e. The second kappa shape index (κ2) is 3.49. The molecule has 0 heterocycles. The van der Waals surface area contributed by atoms with E-state index in [0.29, 0.717) is 0 Å². The molecule has 0 spiro atoms. The van der Waals surface area contributed by atoms with Gasteiger partial charge in [-0.3, -0.25) is 0 Å². The number of hydrogen-bond donors (Lipinski definition) is 2. The molecule has 0 aliphatic carbocycles. The van der Waals surface area contributed by atoms with E-state index >= 15 is 0 Å². The van der Waals surface area contributed by atoms with Crippen LogP contribution in [0.4, 0.5) is 4.79 Å². The number of halogens is 1. The van der Waals surface area contributed by atoms with Gasteiger partial charge in [-0.25, -0.2) is 13.2 Å². The highest BCUT2D eigenvalue weighted by molar-refractivity contribution is 8.13. The highest BCUT2D eigenvalue weighted by Gasteiger charge is 2.26. The van der Waals surface area contributed by atoms with Crippen molar-refractivity contribution in [2.75, 3.05) is 5.75 Å². The monoisotopic (exact) mass is 215 g/mol. The molecule has 12 heavy (non-hydrogen) atoms. The van der Waals surface area contributed by atoms with E-state index in [1.54, 1.807) is 0 Å². The summed E-state index contributed by atoms with van der Waals surface area (Å²) in [6.45, 7) is 2.86. The zero-order valence-corrected chi connectivity index (χ0v) is 8.24. The highest BCUT2D eigenvalue weighted by atomic mass is 35.7. The summed E-state index contributed by atoms with van der Waals surface area (Å²) in [7, 11) is 1.26. The Kier molecular flexibility index (Phi) is 3.34. The van der Waals surface area contributed by atoms with Gasteiger partial charge in [0.2, 0.25) is 9.05 Å². The van der Waals surface area contributed by atoms with E-state index in [1.165, 1.54) is 13.8 Å². The van der Waals surface area contributed by atoms with Gasteiger partial charge in [0, 0.05) is 10.7 Å². The molecule has 0 unspecified atom stereocenters. The SMILES string of the molecule is CC(C)(CS(=O)(=O)Cl)NC(=O)O. The number of hydrogen-bond acceptors (Lipinski definition) is 3. The van der Waals surface area contributed by atoms with Crippen LogP contribution in [-0.4, -0.2) is 30.9 Å². The van der Waals surface area contributed by atoms with Crippen molar-refractivity contribution in [3.8, 4) is 0 Å². The second-order valence-corrected chi connectivity index (χ2v) is 5.77. The summed E-state index contributed by atoms with van der Waals surface area (Å²) in [4.78, 5) is 10.2. The lowest BCUT2D eigenvalue weighted by atomic mass is 10.1. The van der Waals surface area contributed by atoms with Gasteiger partial charge in [-0.05, 0) is 13.8 Å². The van der Waals surface area contributed by atoms with E-state index in [1.807, 2.05) is 5.32 Å². The summed E-state index contributed by atoms with van der Waals surface area (Å²) in [6, 6.07) is 0. The molecule has 0 aromatic rings. The van der Waals surface area contributed by atoms with Gasteiger partial charge in [0.1, 0.15) is 0 Å². The van der Waals surface area contributed by atoms with E-state index in [-0.39, 0.29) is 0 Å². The number of nitrogens with one attached hydrogen (secondary N) is 1. The Morgan fingerprint density at radius 3 is 2.25 bits per heavy atom. The van der Waals surface area contributed by atoms with Crippen molar-refractivity contribution in [1.82, 2.24) is 5.32 Å². The largest absolute Gasteiger partial charge is 0.465 e. The summed E-state index contributed by atoms with van der Waals surface area (Å²) in [5.41, 5.74) is -1.06. The molecule has 0 bridgehead atoms. The highest BCUT2D eigenvalue weighted by Crippen LogP contribution is 2.09. The Morgan fingerprint density at radius 1 is 1.58 bits per heavy atom. The summed E-state index contributed by atoms with van der Waals surface area (Å²) in [6.07, 6.45) is -1.28. The topological polar surface area (TPSA) is 83.5 Å². The van der Waals surface area contributed by atoms with Crippen LogP contribution in [-0.2, 0) is 9.05 Å². The minimum atomic E-state index is -3.68. The van der Waals surface area contributed by atoms with Crippen LogP contribution in [0.2, 0.25) is 0 Å². The fourth-order valence-electron chi connectivity index (χ4n) is 0.757. The van der Waals surface area contributed by atoms with Crippen molar-refractivity contribution < 1.29 is 18.3 Å². The maximum atomic E-state index is 10.6. The van der Waals surface area contributed by atoms with Crippen molar-refractivity contribution in [1.29, 1.82) is 0 Å². The van der Waals surface area contributed by atoms with Gasteiger partial charge in [-0.15, -0.1) is 0 Å². The molecule has 0 atom stereocenters. The summed E-state index contributed by atoms with van der Waals surface area (Å²) >= 11 is 0. The number of carbonyl (C=O) groups is 1. The molecule has 0 aromatic heterocycles. The molecule has 0 aliphatic rings. The molecule has 0 aliphatic heterocycles. The van der Waals surface area contributed by atoms with E-state index < -0.39 is 26.4 Å². The molecule has 5 nitrogen and oxygen atoms in total. The lowest BCUT2D eigenvalue weighted by Crippen LogP contribution is -2.47. The molecule has 72 valence electrons. The average Bonchev–Trinajstić information content (AvgIpc) is 1.48. The normalized spacial score (nSPS) is 12.6. The second-order valence-electron chi connectivity index (χ2n) is 3.00.